The fourth-order valence-corrected chi connectivity index (χ4v) is 3.35. The van der Waals surface area contributed by atoms with Gasteiger partial charge in [-0.15, -0.1) is 11.3 Å². The number of thiophene rings is 1. The summed E-state index contributed by atoms with van der Waals surface area (Å²) in [4.78, 5) is 12.5. The molecule has 138 valence electrons. The molecule has 1 N–H and O–H groups in total. The maximum Gasteiger partial charge on any atom is 0.300 e. The van der Waals surface area contributed by atoms with E-state index in [1.54, 1.807) is 11.3 Å². The van der Waals surface area contributed by atoms with Crippen molar-refractivity contribution in [2.45, 2.75) is 19.4 Å². The van der Waals surface area contributed by atoms with Gasteiger partial charge in [0.2, 0.25) is 0 Å². The second-order valence-electron chi connectivity index (χ2n) is 6.21. The summed E-state index contributed by atoms with van der Waals surface area (Å²) < 4.78 is 6.41. The molecule has 26 heavy (non-hydrogen) atoms. The number of carbonyl (C=O) groups is 1. The Kier molecular flexibility index (Phi) is 7.63. The summed E-state index contributed by atoms with van der Waals surface area (Å²) in [7, 11) is 4.20. The number of hydrogen-bond acceptors (Lipinski definition) is 4. The summed E-state index contributed by atoms with van der Waals surface area (Å²) in [5.41, 5.74) is 0. The van der Waals surface area contributed by atoms with Gasteiger partial charge >= 0.3 is 0 Å². The average molecular weight is 372 g/mol. The van der Waals surface area contributed by atoms with E-state index in [0.717, 1.165) is 25.6 Å². The minimum Gasteiger partial charge on any atom is -0.484 e. The summed E-state index contributed by atoms with van der Waals surface area (Å²) in [6.07, 6.45) is 1.09. The first-order valence-electron chi connectivity index (χ1n) is 8.49. The van der Waals surface area contributed by atoms with Gasteiger partial charge in [0, 0.05) is 30.2 Å². The number of benzene rings is 2. The highest BCUT2D eigenvalue weighted by atomic mass is 32.1. The molecule has 3 aromatic rings. The van der Waals surface area contributed by atoms with Crippen molar-refractivity contribution in [1.29, 1.82) is 0 Å². The Balaban J connectivity index is 0.000000552. The largest absolute Gasteiger partial charge is 0.484 e. The van der Waals surface area contributed by atoms with E-state index in [1.807, 2.05) is 0 Å². The normalized spacial score (nSPS) is 11.7. The maximum atomic E-state index is 9.00. The highest BCUT2D eigenvalue weighted by Crippen LogP contribution is 2.32. The predicted molar refractivity (Wildman–Crippen MR) is 108 cm³/mol. The molecule has 1 heterocycles. The van der Waals surface area contributed by atoms with Crippen molar-refractivity contribution in [2.75, 3.05) is 20.6 Å². The predicted octanol–water partition coefficient (Wildman–Crippen LogP) is 5.06. The first-order chi connectivity index (χ1) is 12.5. The van der Waals surface area contributed by atoms with Crippen LogP contribution in [-0.4, -0.2) is 36.6 Å². The number of ether oxygens (including phenoxy) is 1. The number of hydrogen-bond donors (Lipinski definition) is 1. The monoisotopic (exact) mass is 371 g/mol. The van der Waals surface area contributed by atoms with Gasteiger partial charge in [0.1, 0.15) is 11.9 Å². The number of rotatable bonds is 6. The Hall–Kier alpha value is -2.37. The molecular weight excluding hydrogens is 346 g/mol. The molecule has 0 radical (unpaired) electrons. The van der Waals surface area contributed by atoms with Crippen LogP contribution in [0.1, 0.15) is 24.3 Å². The molecule has 0 amide bonds. The third kappa shape index (κ3) is 6.17. The summed E-state index contributed by atoms with van der Waals surface area (Å²) in [6.45, 7) is 2.09. The topological polar surface area (TPSA) is 49.8 Å². The van der Waals surface area contributed by atoms with Gasteiger partial charge in [-0.25, -0.2) is 0 Å². The molecule has 2 aromatic carbocycles. The first kappa shape index (κ1) is 19.9. The number of carboxylic acids is 1. The van der Waals surface area contributed by atoms with E-state index in [-0.39, 0.29) is 6.10 Å². The molecule has 1 aromatic heterocycles. The van der Waals surface area contributed by atoms with E-state index in [9.17, 15) is 0 Å². The number of carboxylic acid groups (broad SMARTS) is 1. The van der Waals surface area contributed by atoms with Crippen molar-refractivity contribution in [3.05, 3.63) is 64.9 Å². The lowest BCUT2D eigenvalue weighted by atomic mass is 10.1. The van der Waals surface area contributed by atoms with Crippen LogP contribution >= 0.6 is 11.3 Å². The Bertz CT molecular complexity index is 806. The van der Waals surface area contributed by atoms with Crippen molar-refractivity contribution >= 4 is 28.1 Å². The second-order valence-corrected chi connectivity index (χ2v) is 7.19. The fraction of sp³-hybridized carbons (Fsp3) is 0.286. The third-order valence-electron chi connectivity index (χ3n) is 3.72. The summed E-state index contributed by atoms with van der Waals surface area (Å²) >= 11 is 1.76. The molecule has 1 atom stereocenters. The molecule has 0 saturated heterocycles. The highest BCUT2D eigenvalue weighted by molar-refractivity contribution is 7.10. The molecule has 3 rings (SSSR count). The van der Waals surface area contributed by atoms with Gasteiger partial charge in [0.25, 0.3) is 5.97 Å². The van der Waals surface area contributed by atoms with Crippen LogP contribution in [0.3, 0.4) is 0 Å². The first-order valence-corrected chi connectivity index (χ1v) is 9.37. The Morgan fingerprint density at radius 1 is 1.12 bits per heavy atom. The minimum atomic E-state index is -0.833. The highest BCUT2D eigenvalue weighted by Gasteiger charge is 2.16. The van der Waals surface area contributed by atoms with Crippen LogP contribution in [-0.2, 0) is 4.79 Å². The van der Waals surface area contributed by atoms with Gasteiger partial charge in [-0.1, -0.05) is 42.5 Å². The lowest BCUT2D eigenvalue weighted by molar-refractivity contribution is -0.134. The van der Waals surface area contributed by atoms with Crippen LogP contribution in [0.25, 0.3) is 10.8 Å². The standard InChI is InChI=1S/C19H21NOS.C2H4O2/c1-20(2)13-12-18(19-11-6-14-22-19)21-17-10-5-8-15-7-3-4-9-16(15)17;1-2(3)4/h3-11,14,18H,12-13H2,1-2H3;1H3,(H,3,4)/t18-;/m0./s1. The molecule has 0 saturated carbocycles. The minimum absolute atomic E-state index is 0.105. The zero-order valence-corrected chi connectivity index (χ0v) is 16.2. The number of fused-ring (bicyclic) bond motifs is 1. The molecule has 4 nitrogen and oxygen atoms in total. The van der Waals surface area contributed by atoms with Gasteiger partial charge in [-0.3, -0.25) is 4.79 Å². The van der Waals surface area contributed by atoms with Crippen LogP contribution in [0.2, 0.25) is 0 Å². The van der Waals surface area contributed by atoms with Crippen molar-refractivity contribution in [1.82, 2.24) is 4.90 Å². The SMILES string of the molecule is CC(=O)O.CN(C)CC[C@H](Oc1cccc2ccccc12)c1cccs1. The van der Waals surface area contributed by atoms with E-state index >= 15 is 0 Å². The zero-order valence-electron chi connectivity index (χ0n) is 15.4. The van der Waals surface area contributed by atoms with Gasteiger partial charge < -0.3 is 14.7 Å². The lowest BCUT2D eigenvalue weighted by Crippen LogP contribution is -2.18. The smallest absolute Gasteiger partial charge is 0.300 e. The molecule has 0 unspecified atom stereocenters. The summed E-state index contributed by atoms with van der Waals surface area (Å²) in [6, 6.07) is 18.9. The van der Waals surface area contributed by atoms with Crippen molar-refractivity contribution in [3.63, 3.8) is 0 Å². The Labute approximate surface area is 158 Å². The van der Waals surface area contributed by atoms with Crippen molar-refractivity contribution < 1.29 is 14.6 Å². The molecule has 0 bridgehead atoms. The van der Waals surface area contributed by atoms with E-state index < -0.39 is 5.97 Å². The third-order valence-corrected chi connectivity index (χ3v) is 4.68. The van der Waals surface area contributed by atoms with Gasteiger partial charge in [0.05, 0.1) is 0 Å². The Morgan fingerprint density at radius 2 is 1.81 bits per heavy atom. The number of aliphatic carboxylic acids is 1. The Morgan fingerprint density at radius 3 is 2.46 bits per heavy atom. The second kappa shape index (κ2) is 9.94. The molecule has 0 aliphatic heterocycles. The van der Waals surface area contributed by atoms with E-state index in [0.29, 0.717) is 0 Å². The molecular formula is C21H25NO3S. The molecule has 5 heteroatoms. The molecule has 0 aliphatic carbocycles. The van der Waals surface area contributed by atoms with Crippen LogP contribution in [0.4, 0.5) is 0 Å². The van der Waals surface area contributed by atoms with Crippen LogP contribution in [0.15, 0.2) is 60.0 Å². The number of nitrogens with zero attached hydrogens (tertiary/aromatic N) is 1. The van der Waals surface area contributed by atoms with E-state index in [2.05, 4.69) is 79.0 Å². The molecule has 0 aliphatic rings. The van der Waals surface area contributed by atoms with Gasteiger partial charge in [0.15, 0.2) is 0 Å². The quantitative estimate of drug-likeness (QED) is 0.658. The van der Waals surface area contributed by atoms with Crippen LogP contribution in [0, 0.1) is 0 Å². The van der Waals surface area contributed by atoms with Crippen molar-refractivity contribution in [3.8, 4) is 5.75 Å². The van der Waals surface area contributed by atoms with Crippen molar-refractivity contribution in [2.24, 2.45) is 0 Å². The molecule has 0 spiro atoms. The van der Waals surface area contributed by atoms with E-state index in [4.69, 9.17) is 14.6 Å². The molecule has 0 fully saturated rings. The van der Waals surface area contributed by atoms with E-state index in [1.165, 1.54) is 15.6 Å². The lowest BCUT2D eigenvalue weighted by Gasteiger charge is -2.21. The summed E-state index contributed by atoms with van der Waals surface area (Å²) in [5, 5.41) is 11.9. The van der Waals surface area contributed by atoms with Crippen LogP contribution < -0.4 is 4.74 Å². The fourth-order valence-electron chi connectivity index (χ4n) is 2.56. The summed E-state index contributed by atoms with van der Waals surface area (Å²) in [5.74, 6) is 0.134. The zero-order chi connectivity index (χ0) is 18.9. The van der Waals surface area contributed by atoms with Gasteiger partial charge in [-0.2, -0.15) is 0 Å². The van der Waals surface area contributed by atoms with Gasteiger partial charge in [-0.05, 0) is 37.0 Å². The van der Waals surface area contributed by atoms with Crippen LogP contribution in [0.5, 0.6) is 5.75 Å². The maximum absolute atomic E-state index is 9.00. The average Bonchev–Trinajstić information content (AvgIpc) is 3.12.